The van der Waals surface area contributed by atoms with Gasteiger partial charge < -0.3 is 10.2 Å². The van der Waals surface area contributed by atoms with Gasteiger partial charge in [0.15, 0.2) is 0 Å². The van der Waals surface area contributed by atoms with Gasteiger partial charge in [-0.15, -0.1) is 0 Å². The summed E-state index contributed by atoms with van der Waals surface area (Å²) in [5.41, 5.74) is 15.2. The minimum Gasteiger partial charge on any atom is -0.478 e. The summed E-state index contributed by atoms with van der Waals surface area (Å²) in [7, 11) is 0. The highest BCUT2D eigenvalue weighted by atomic mass is 16.4. The van der Waals surface area contributed by atoms with Crippen LogP contribution in [0.4, 0.5) is 0 Å². The van der Waals surface area contributed by atoms with E-state index in [0.29, 0.717) is 0 Å². The Labute approximate surface area is 326 Å². The molecule has 0 saturated heterocycles. The molecule has 0 aliphatic rings. The van der Waals surface area contributed by atoms with Crippen molar-refractivity contribution in [1.82, 2.24) is 0 Å². The number of carboxylic acid groups (broad SMARTS) is 2. The minimum absolute atomic E-state index is 0.251. The number of hydrogen-bond acceptors (Lipinski definition) is 2. The number of aromatic carboxylic acids is 2. The number of benzene rings is 8. The van der Waals surface area contributed by atoms with Crippen molar-refractivity contribution in [2.24, 2.45) is 0 Å². The van der Waals surface area contributed by atoms with Gasteiger partial charge in [0, 0.05) is 0 Å². The fourth-order valence-electron chi connectivity index (χ4n) is 7.10. The van der Waals surface area contributed by atoms with E-state index < -0.39 is 11.9 Å². The van der Waals surface area contributed by atoms with Crippen LogP contribution in [0.2, 0.25) is 0 Å². The second kappa shape index (κ2) is 15.8. The summed E-state index contributed by atoms with van der Waals surface area (Å²) in [6.07, 6.45) is 0. The zero-order valence-electron chi connectivity index (χ0n) is 30.3. The predicted octanol–water partition coefficient (Wildman–Crippen LogP) is 12.8. The molecule has 0 aliphatic carbocycles. The van der Waals surface area contributed by atoms with Crippen LogP contribution in [0.3, 0.4) is 0 Å². The number of carbonyl (C=O) groups is 2. The molecule has 0 saturated carbocycles. The highest BCUT2D eigenvalue weighted by molar-refractivity contribution is 6.05. The van der Waals surface area contributed by atoms with E-state index in [4.69, 9.17) is 0 Å². The Hall–Kier alpha value is -7.56. The molecule has 0 spiro atoms. The van der Waals surface area contributed by atoms with Crippen LogP contribution in [0.25, 0.3) is 55.7 Å². The van der Waals surface area contributed by atoms with E-state index in [-0.39, 0.29) is 11.1 Å². The zero-order valence-corrected chi connectivity index (χ0v) is 30.3. The average molecular weight is 725 g/mol. The van der Waals surface area contributed by atoms with Crippen LogP contribution >= 0.6 is 0 Å². The molecule has 8 rings (SSSR count). The molecule has 0 amide bonds. The lowest BCUT2D eigenvalue weighted by Crippen LogP contribution is -1.98. The second-order valence-electron chi connectivity index (χ2n) is 13.6. The Morgan fingerprint density at radius 2 is 0.411 bits per heavy atom. The molecule has 8 aromatic carbocycles. The van der Waals surface area contributed by atoms with Gasteiger partial charge in [0.2, 0.25) is 0 Å². The smallest absolute Gasteiger partial charge is 0.335 e. The summed E-state index contributed by atoms with van der Waals surface area (Å²) < 4.78 is 0. The summed E-state index contributed by atoms with van der Waals surface area (Å²) in [6.45, 7) is 0. The molecule has 0 unspecified atom stereocenters. The number of hydrogen-bond donors (Lipinski definition) is 2. The second-order valence-corrected chi connectivity index (χ2v) is 13.6. The van der Waals surface area contributed by atoms with Gasteiger partial charge >= 0.3 is 11.9 Å². The maximum Gasteiger partial charge on any atom is 0.335 e. The molecular formula is C52H36O4. The minimum atomic E-state index is -0.951. The number of carboxylic acids is 2. The van der Waals surface area contributed by atoms with Gasteiger partial charge in [0.05, 0.1) is 11.1 Å². The molecule has 2 N–H and O–H groups in total. The Morgan fingerprint density at radius 1 is 0.232 bits per heavy atom. The van der Waals surface area contributed by atoms with Crippen molar-refractivity contribution < 1.29 is 19.8 Å². The van der Waals surface area contributed by atoms with Crippen molar-refractivity contribution in [1.29, 1.82) is 0 Å². The highest BCUT2D eigenvalue weighted by Crippen LogP contribution is 2.39. The van der Waals surface area contributed by atoms with Crippen molar-refractivity contribution in [2.75, 3.05) is 0 Å². The molecule has 4 heteroatoms. The molecule has 268 valence electrons. The lowest BCUT2D eigenvalue weighted by atomic mass is 9.84. The third kappa shape index (κ3) is 7.58. The maximum atomic E-state index is 11.5. The van der Waals surface area contributed by atoms with Gasteiger partial charge in [-0.1, -0.05) is 182 Å². The molecule has 0 aromatic heterocycles. The lowest BCUT2D eigenvalue weighted by Gasteiger charge is -2.19. The van der Waals surface area contributed by atoms with E-state index >= 15 is 0 Å². The molecule has 0 atom stereocenters. The quantitative estimate of drug-likeness (QED) is 0.138. The van der Waals surface area contributed by atoms with Crippen molar-refractivity contribution in [2.45, 2.75) is 0 Å². The largest absolute Gasteiger partial charge is 0.478 e. The molecular weight excluding hydrogens is 689 g/mol. The van der Waals surface area contributed by atoms with Gasteiger partial charge in [-0.3, -0.25) is 0 Å². The molecule has 0 heterocycles. The van der Waals surface area contributed by atoms with Crippen molar-refractivity contribution in [3.8, 4) is 44.5 Å². The molecule has 0 bridgehead atoms. The van der Waals surface area contributed by atoms with Gasteiger partial charge in [-0.25, -0.2) is 9.59 Å². The zero-order chi connectivity index (χ0) is 38.4. The first-order valence-corrected chi connectivity index (χ1v) is 18.4. The summed E-state index contributed by atoms with van der Waals surface area (Å²) in [6, 6.07) is 68.9. The van der Waals surface area contributed by atoms with Gasteiger partial charge in [0.25, 0.3) is 0 Å². The Balaban J connectivity index is 1.30. The summed E-state index contributed by atoms with van der Waals surface area (Å²) >= 11 is 0. The van der Waals surface area contributed by atoms with E-state index in [2.05, 4.69) is 121 Å². The normalized spacial score (nSPS) is 11.4. The van der Waals surface area contributed by atoms with Crippen LogP contribution in [0.15, 0.2) is 206 Å². The van der Waals surface area contributed by atoms with E-state index in [1.165, 1.54) is 0 Å². The first kappa shape index (κ1) is 35.5. The van der Waals surface area contributed by atoms with Crippen LogP contribution in [0.5, 0.6) is 0 Å². The Kier molecular flexibility index (Phi) is 10.0. The Morgan fingerprint density at radius 3 is 0.607 bits per heavy atom. The van der Waals surface area contributed by atoms with E-state index in [9.17, 15) is 19.8 Å². The molecule has 4 nitrogen and oxygen atoms in total. The first-order valence-electron chi connectivity index (χ1n) is 18.4. The summed E-state index contributed by atoms with van der Waals surface area (Å²) in [5.74, 6) is -1.90. The maximum absolute atomic E-state index is 11.5. The average Bonchev–Trinajstić information content (AvgIpc) is 3.26. The standard InChI is InChI=1S/C52H36O4/c53-51(54)47-31-19-41(20-32-47)39-15-27-45(28-16-39)49(43-23-11-37(12-24-43)35-7-3-1-4-8-35)50(44-25-13-38(14-26-44)36-9-5-2-6-10-36)46-29-17-40(18-30-46)42-21-33-48(34-22-42)52(55)56/h1-34H,(H,53,54)(H,55,56)/b50-49-. The third-order valence-corrected chi connectivity index (χ3v) is 10.1. The lowest BCUT2D eigenvalue weighted by molar-refractivity contribution is 0.0686. The SMILES string of the molecule is O=C(O)c1ccc(-c2ccc(/C(=C(/c3ccc(-c4ccccc4)cc3)c3ccc(-c4ccc(C(=O)O)cc4)cc3)c3ccc(-c4ccccc4)cc3)cc2)cc1. The van der Waals surface area contributed by atoms with Crippen LogP contribution in [-0.4, -0.2) is 22.2 Å². The third-order valence-electron chi connectivity index (χ3n) is 10.1. The molecule has 8 aromatic rings. The van der Waals surface area contributed by atoms with Gasteiger partial charge in [-0.05, 0) is 102 Å². The van der Waals surface area contributed by atoms with Crippen molar-refractivity contribution in [3.63, 3.8) is 0 Å². The summed E-state index contributed by atoms with van der Waals surface area (Å²) in [5, 5.41) is 18.8. The van der Waals surface area contributed by atoms with Crippen molar-refractivity contribution >= 4 is 23.1 Å². The fourth-order valence-corrected chi connectivity index (χ4v) is 7.10. The van der Waals surface area contributed by atoms with Crippen LogP contribution in [0.1, 0.15) is 43.0 Å². The van der Waals surface area contributed by atoms with E-state index in [1.807, 2.05) is 60.7 Å². The van der Waals surface area contributed by atoms with Crippen LogP contribution in [0, 0.1) is 0 Å². The molecule has 0 radical (unpaired) electrons. The van der Waals surface area contributed by atoms with Crippen molar-refractivity contribution in [3.05, 3.63) is 240 Å². The highest BCUT2D eigenvalue weighted by Gasteiger charge is 2.18. The monoisotopic (exact) mass is 724 g/mol. The van der Waals surface area contributed by atoms with Gasteiger partial charge in [-0.2, -0.15) is 0 Å². The molecule has 0 aliphatic heterocycles. The summed E-state index contributed by atoms with van der Waals surface area (Å²) in [4.78, 5) is 23.0. The number of rotatable bonds is 10. The van der Waals surface area contributed by atoms with Gasteiger partial charge in [0.1, 0.15) is 0 Å². The topological polar surface area (TPSA) is 74.6 Å². The van der Waals surface area contributed by atoms with E-state index in [1.54, 1.807) is 24.3 Å². The Bertz CT molecular complexity index is 2450. The molecule has 56 heavy (non-hydrogen) atoms. The van der Waals surface area contributed by atoms with Crippen LogP contribution < -0.4 is 0 Å². The predicted molar refractivity (Wildman–Crippen MR) is 226 cm³/mol. The van der Waals surface area contributed by atoms with E-state index in [0.717, 1.165) is 77.9 Å². The first-order chi connectivity index (χ1) is 27.4. The molecule has 0 fully saturated rings. The fraction of sp³-hybridized carbons (Fsp3) is 0. The van der Waals surface area contributed by atoms with Crippen LogP contribution in [-0.2, 0) is 0 Å².